The van der Waals surface area contributed by atoms with Gasteiger partial charge in [0.15, 0.2) is 17.0 Å². The Hall–Kier alpha value is -3.22. The van der Waals surface area contributed by atoms with Gasteiger partial charge in [-0.3, -0.25) is 4.98 Å². The molecule has 3 heterocycles. The lowest BCUT2D eigenvalue weighted by Crippen LogP contribution is -2.35. The third kappa shape index (κ3) is 2.85. The molecule has 5 rings (SSSR count). The maximum atomic E-state index is 13.5. The Balaban J connectivity index is 1.41. The molecule has 0 spiro atoms. The predicted molar refractivity (Wildman–Crippen MR) is 101 cm³/mol. The van der Waals surface area contributed by atoms with Gasteiger partial charge in [0, 0.05) is 11.9 Å². The van der Waals surface area contributed by atoms with Crippen LogP contribution >= 0.6 is 0 Å². The highest BCUT2D eigenvalue weighted by Gasteiger charge is 2.29. The van der Waals surface area contributed by atoms with E-state index in [4.69, 9.17) is 4.74 Å². The molecule has 2 aromatic carbocycles. The molecule has 0 amide bonds. The number of nitrogens with zero attached hydrogens (tertiary/aromatic N) is 4. The summed E-state index contributed by atoms with van der Waals surface area (Å²) in [6.07, 6.45) is 2.82. The monoisotopic (exact) mass is 363 g/mol. The smallest absolute Gasteiger partial charge is 0.288 e. The number of H-pyrrole nitrogens is 1. The average molecular weight is 363 g/mol. The van der Waals surface area contributed by atoms with Gasteiger partial charge in [-0.2, -0.15) is 9.37 Å². The van der Waals surface area contributed by atoms with Gasteiger partial charge in [-0.25, -0.2) is 9.97 Å². The van der Waals surface area contributed by atoms with Gasteiger partial charge in [-0.15, -0.1) is 0 Å². The fraction of sp³-hybridized carbons (Fsp3) is 0.250. The first-order chi connectivity index (χ1) is 13.3. The summed E-state index contributed by atoms with van der Waals surface area (Å²) in [6, 6.07) is 14.4. The molecule has 136 valence electrons. The number of hydrogen-bond acceptors (Lipinski definition) is 5. The van der Waals surface area contributed by atoms with Gasteiger partial charge >= 0.3 is 0 Å². The molecule has 1 N–H and O–H groups in total. The highest BCUT2D eigenvalue weighted by molar-refractivity contribution is 5.88. The Morgan fingerprint density at radius 1 is 1.15 bits per heavy atom. The van der Waals surface area contributed by atoms with Crippen molar-refractivity contribution >= 4 is 27.8 Å². The molecular formula is C20H18FN5O. The molecule has 1 fully saturated rings. The van der Waals surface area contributed by atoms with Crippen molar-refractivity contribution in [3.8, 4) is 5.75 Å². The summed E-state index contributed by atoms with van der Waals surface area (Å²) in [5.41, 5.74) is 0.880. The van der Waals surface area contributed by atoms with Crippen LogP contribution < -0.4 is 9.64 Å². The standard InChI is InChI=1S/C20H18FN5O/c21-20-24-17-18(25-20)22-12-23-19(17)26-10-4-7-14(26)11-27-16-9-3-6-13-5-1-2-8-15(13)16/h1-3,5-6,8-9,12,14H,4,7,10-11H2,(H,22,23,24,25)/t14-/m1/s1. The van der Waals surface area contributed by atoms with Gasteiger partial charge in [0.05, 0.1) is 6.04 Å². The van der Waals surface area contributed by atoms with E-state index in [-0.39, 0.29) is 6.04 Å². The molecule has 2 aromatic heterocycles. The number of nitrogens with one attached hydrogen (secondary N) is 1. The Kier molecular flexibility index (Phi) is 3.85. The van der Waals surface area contributed by atoms with Gasteiger partial charge in [0.25, 0.3) is 6.08 Å². The lowest BCUT2D eigenvalue weighted by atomic mass is 10.1. The Labute approximate surface area is 155 Å². The van der Waals surface area contributed by atoms with Crippen molar-refractivity contribution in [1.29, 1.82) is 0 Å². The van der Waals surface area contributed by atoms with Crippen LogP contribution in [-0.4, -0.2) is 39.1 Å². The number of imidazole rings is 1. The van der Waals surface area contributed by atoms with E-state index in [1.54, 1.807) is 0 Å². The normalized spacial score (nSPS) is 17.1. The summed E-state index contributed by atoms with van der Waals surface area (Å²) < 4.78 is 19.7. The number of aromatic amines is 1. The fourth-order valence-electron chi connectivity index (χ4n) is 3.79. The SMILES string of the molecule is Fc1nc2c(N3CCC[C@@H]3COc3cccc4ccccc34)ncnc2[nH]1. The number of hydrogen-bond donors (Lipinski definition) is 1. The maximum Gasteiger partial charge on any atom is 0.288 e. The largest absolute Gasteiger partial charge is 0.491 e. The number of ether oxygens (including phenoxy) is 1. The van der Waals surface area contributed by atoms with E-state index < -0.39 is 6.08 Å². The number of halogens is 1. The van der Waals surface area contributed by atoms with Crippen LogP contribution in [0.2, 0.25) is 0 Å². The zero-order valence-corrected chi connectivity index (χ0v) is 14.6. The molecule has 1 atom stereocenters. The molecule has 0 aliphatic carbocycles. The maximum absolute atomic E-state index is 13.5. The van der Waals surface area contributed by atoms with Gasteiger partial charge in [-0.05, 0) is 24.3 Å². The molecule has 1 aliphatic rings. The van der Waals surface area contributed by atoms with Crippen LogP contribution in [0, 0.1) is 6.08 Å². The van der Waals surface area contributed by atoms with Crippen LogP contribution in [0.3, 0.4) is 0 Å². The van der Waals surface area contributed by atoms with E-state index in [1.165, 1.54) is 6.33 Å². The summed E-state index contributed by atoms with van der Waals surface area (Å²) in [7, 11) is 0. The average Bonchev–Trinajstić information content (AvgIpc) is 3.31. The lowest BCUT2D eigenvalue weighted by Gasteiger charge is -2.26. The van der Waals surface area contributed by atoms with Crippen LogP contribution in [0.4, 0.5) is 10.2 Å². The molecule has 0 bridgehead atoms. The zero-order chi connectivity index (χ0) is 18.2. The minimum Gasteiger partial charge on any atom is -0.491 e. The van der Waals surface area contributed by atoms with Crippen molar-refractivity contribution in [3.63, 3.8) is 0 Å². The van der Waals surface area contributed by atoms with Gasteiger partial charge in [0.2, 0.25) is 0 Å². The van der Waals surface area contributed by atoms with E-state index in [2.05, 4.69) is 43.0 Å². The molecule has 1 saturated heterocycles. The second-order valence-electron chi connectivity index (χ2n) is 6.70. The fourth-order valence-corrected chi connectivity index (χ4v) is 3.79. The molecular weight excluding hydrogens is 345 g/mol. The Bertz CT molecular complexity index is 1110. The minimum atomic E-state index is -0.644. The predicted octanol–water partition coefficient (Wildman–Crippen LogP) is 3.69. The summed E-state index contributed by atoms with van der Waals surface area (Å²) in [5.74, 6) is 1.53. The summed E-state index contributed by atoms with van der Waals surface area (Å²) in [4.78, 5) is 17.0. The second-order valence-corrected chi connectivity index (χ2v) is 6.70. The number of anilines is 1. The molecule has 0 unspecified atom stereocenters. The molecule has 7 heteroatoms. The summed E-state index contributed by atoms with van der Waals surface area (Å²) in [6.45, 7) is 1.37. The van der Waals surface area contributed by atoms with Gasteiger partial charge in [0.1, 0.15) is 18.7 Å². The van der Waals surface area contributed by atoms with Crippen molar-refractivity contribution < 1.29 is 9.13 Å². The third-order valence-electron chi connectivity index (χ3n) is 5.06. The summed E-state index contributed by atoms with van der Waals surface area (Å²) in [5, 5.41) is 2.26. The number of aromatic nitrogens is 4. The van der Waals surface area contributed by atoms with E-state index in [1.807, 2.05) is 24.3 Å². The topological polar surface area (TPSA) is 66.9 Å². The Morgan fingerprint density at radius 3 is 3.00 bits per heavy atom. The lowest BCUT2D eigenvalue weighted by molar-refractivity contribution is 0.291. The van der Waals surface area contributed by atoms with E-state index in [0.29, 0.717) is 23.6 Å². The van der Waals surface area contributed by atoms with Crippen molar-refractivity contribution in [2.75, 3.05) is 18.1 Å². The minimum absolute atomic E-state index is 0.154. The molecule has 0 radical (unpaired) electrons. The number of fused-ring (bicyclic) bond motifs is 2. The summed E-state index contributed by atoms with van der Waals surface area (Å²) >= 11 is 0. The van der Waals surface area contributed by atoms with E-state index in [9.17, 15) is 4.39 Å². The Morgan fingerprint density at radius 2 is 2.04 bits per heavy atom. The zero-order valence-electron chi connectivity index (χ0n) is 14.6. The van der Waals surface area contributed by atoms with Gasteiger partial charge in [-0.1, -0.05) is 36.4 Å². The van der Waals surface area contributed by atoms with Gasteiger partial charge < -0.3 is 9.64 Å². The first-order valence-electron chi connectivity index (χ1n) is 9.03. The second kappa shape index (κ2) is 6.50. The first-order valence-corrected chi connectivity index (χ1v) is 9.03. The van der Waals surface area contributed by atoms with Crippen molar-refractivity contribution in [1.82, 2.24) is 19.9 Å². The van der Waals surface area contributed by atoms with Crippen LogP contribution in [0.5, 0.6) is 5.75 Å². The van der Waals surface area contributed by atoms with Crippen LogP contribution in [0.1, 0.15) is 12.8 Å². The van der Waals surface area contributed by atoms with E-state index in [0.717, 1.165) is 35.9 Å². The molecule has 27 heavy (non-hydrogen) atoms. The van der Waals surface area contributed by atoms with Crippen LogP contribution in [-0.2, 0) is 0 Å². The van der Waals surface area contributed by atoms with Crippen molar-refractivity contribution in [2.24, 2.45) is 0 Å². The molecule has 4 aromatic rings. The molecule has 6 nitrogen and oxygen atoms in total. The van der Waals surface area contributed by atoms with Crippen LogP contribution in [0.15, 0.2) is 48.8 Å². The van der Waals surface area contributed by atoms with Crippen LogP contribution in [0.25, 0.3) is 21.9 Å². The highest BCUT2D eigenvalue weighted by atomic mass is 19.1. The highest BCUT2D eigenvalue weighted by Crippen LogP contribution is 2.30. The van der Waals surface area contributed by atoms with Crippen molar-refractivity contribution in [2.45, 2.75) is 18.9 Å². The van der Waals surface area contributed by atoms with Crippen molar-refractivity contribution in [3.05, 3.63) is 54.9 Å². The van der Waals surface area contributed by atoms with E-state index >= 15 is 0 Å². The molecule has 0 saturated carbocycles. The first kappa shape index (κ1) is 16.0. The number of rotatable bonds is 4. The quantitative estimate of drug-likeness (QED) is 0.560. The number of benzene rings is 2. The molecule has 1 aliphatic heterocycles. The third-order valence-corrected chi connectivity index (χ3v) is 5.06.